The maximum Gasteiger partial charge on any atom is 0.287 e. The van der Waals surface area contributed by atoms with Crippen LogP contribution in [-0.4, -0.2) is 30.1 Å². The first kappa shape index (κ1) is 13.4. The molecule has 0 fully saturated rings. The van der Waals surface area contributed by atoms with Gasteiger partial charge >= 0.3 is 0 Å². The van der Waals surface area contributed by atoms with Crippen LogP contribution in [0.15, 0.2) is 18.2 Å². The molecule has 0 saturated carbocycles. The molecule has 1 rings (SSSR count). The van der Waals surface area contributed by atoms with Crippen molar-refractivity contribution in [2.24, 2.45) is 0 Å². The highest BCUT2D eigenvalue weighted by molar-refractivity contribution is 6.00. The number of aryl methyl sites for hydroxylation is 1. The Labute approximate surface area is 97.4 Å². The summed E-state index contributed by atoms with van der Waals surface area (Å²) in [5.41, 5.74) is 6.62. The van der Waals surface area contributed by atoms with Crippen molar-refractivity contribution in [3.63, 3.8) is 0 Å². The van der Waals surface area contributed by atoms with E-state index in [9.17, 15) is 13.6 Å². The van der Waals surface area contributed by atoms with Gasteiger partial charge in [-0.15, -0.1) is 0 Å². The Kier molecular flexibility index (Phi) is 4.01. The van der Waals surface area contributed by atoms with Gasteiger partial charge in [0.25, 0.3) is 11.8 Å². The molecule has 0 radical (unpaired) electrons. The van der Waals surface area contributed by atoms with Gasteiger partial charge in [0.15, 0.2) is 0 Å². The van der Waals surface area contributed by atoms with Gasteiger partial charge in [0.05, 0.1) is 12.1 Å². The molecule has 0 aliphatic carbocycles. The topological polar surface area (TPSA) is 75.4 Å². The summed E-state index contributed by atoms with van der Waals surface area (Å²) in [6.45, 7) is -0.567. The highest BCUT2D eigenvalue weighted by Crippen LogP contribution is 2.17. The van der Waals surface area contributed by atoms with Crippen LogP contribution in [0.25, 0.3) is 0 Å². The summed E-state index contributed by atoms with van der Waals surface area (Å²) in [6.07, 6.45) is 0. The molecule has 0 unspecified atom stereocenters. The number of alkyl halides is 2. The number of hydrogen-bond acceptors (Lipinski definition) is 3. The molecule has 1 aromatic rings. The lowest BCUT2D eigenvalue weighted by Crippen LogP contribution is -2.39. The van der Waals surface area contributed by atoms with E-state index < -0.39 is 25.0 Å². The Balaban J connectivity index is 2.78. The van der Waals surface area contributed by atoms with E-state index in [1.165, 1.54) is 6.07 Å². The summed E-state index contributed by atoms with van der Waals surface area (Å²) in [5, 5.41) is 10.4. The lowest BCUT2D eigenvalue weighted by Gasteiger charge is -2.15. The fraction of sp³-hybridized carbons (Fsp3) is 0.364. The fourth-order valence-electron chi connectivity index (χ4n) is 1.35. The summed E-state index contributed by atoms with van der Waals surface area (Å²) in [4.78, 5) is 11.6. The maximum atomic E-state index is 12.7. The van der Waals surface area contributed by atoms with E-state index in [4.69, 9.17) is 10.8 Å². The van der Waals surface area contributed by atoms with Crippen LogP contribution in [0.5, 0.6) is 0 Å². The molecular formula is C11H14F2N2O2. The first-order chi connectivity index (χ1) is 7.87. The van der Waals surface area contributed by atoms with Crippen LogP contribution in [0.2, 0.25) is 0 Å². The molecular weight excluding hydrogens is 230 g/mol. The zero-order valence-corrected chi connectivity index (χ0v) is 9.34. The number of carbonyl (C=O) groups is 1. The summed E-state index contributed by atoms with van der Waals surface area (Å²) in [5.74, 6) is -4.00. The highest BCUT2D eigenvalue weighted by atomic mass is 19.3. The minimum Gasteiger partial charge on any atom is -0.398 e. The van der Waals surface area contributed by atoms with Crippen molar-refractivity contribution < 1.29 is 18.7 Å². The number of anilines is 1. The molecule has 0 aliphatic rings. The molecule has 0 heterocycles. The molecule has 0 bridgehead atoms. The van der Waals surface area contributed by atoms with E-state index in [2.05, 4.69) is 0 Å². The molecule has 0 spiro atoms. The predicted octanol–water partition coefficient (Wildman–Crippen LogP) is 0.935. The smallest absolute Gasteiger partial charge is 0.287 e. The quantitative estimate of drug-likeness (QED) is 0.690. The predicted molar refractivity (Wildman–Crippen MR) is 60.0 cm³/mol. The molecule has 6 heteroatoms. The summed E-state index contributed by atoms with van der Waals surface area (Å²) < 4.78 is 25.5. The Hall–Kier alpha value is -1.69. The highest BCUT2D eigenvalue weighted by Gasteiger charge is 2.28. The lowest BCUT2D eigenvalue weighted by molar-refractivity contribution is -0.0462. The molecule has 0 atom stereocenters. The zero-order chi connectivity index (χ0) is 13.1. The second kappa shape index (κ2) is 5.09. The molecule has 17 heavy (non-hydrogen) atoms. The molecule has 94 valence electrons. The number of rotatable bonds is 4. The Bertz CT molecular complexity index is 402. The third-order valence-corrected chi connectivity index (χ3v) is 2.27. The van der Waals surface area contributed by atoms with E-state index in [-0.39, 0.29) is 11.3 Å². The van der Waals surface area contributed by atoms with Crippen LogP contribution in [0.3, 0.4) is 0 Å². The fourth-order valence-corrected chi connectivity index (χ4v) is 1.35. The van der Waals surface area contributed by atoms with Crippen molar-refractivity contribution in [3.05, 3.63) is 29.3 Å². The van der Waals surface area contributed by atoms with E-state index in [1.807, 2.05) is 5.32 Å². The minimum absolute atomic E-state index is 0.182. The van der Waals surface area contributed by atoms with Crippen molar-refractivity contribution in [1.29, 1.82) is 0 Å². The molecule has 4 N–H and O–H groups in total. The summed E-state index contributed by atoms with van der Waals surface area (Å²) in [6, 6.07) is 4.85. The van der Waals surface area contributed by atoms with Crippen molar-refractivity contribution in [2.75, 3.05) is 18.9 Å². The monoisotopic (exact) mass is 244 g/mol. The minimum atomic E-state index is -3.33. The van der Waals surface area contributed by atoms with E-state index >= 15 is 0 Å². The number of nitrogens with one attached hydrogen (secondary N) is 1. The van der Waals surface area contributed by atoms with Gasteiger partial charge < -0.3 is 16.2 Å². The van der Waals surface area contributed by atoms with Crippen molar-refractivity contribution >= 4 is 11.6 Å². The molecule has 4 nitrogen and oxygen atoms in total. The maximum absolute atomic E-state index is 12.7. The molecule has 1 aromatic carbocycles. The number of halogens is 2. The Morgan fingerprint density at radius 1 is 1.53 bits per heavy atom. The molecule has 0 aliphatic heterocycles. The van der Waals surface area contributed by atoms with Gasteiger partial charge in [-0.3, -0.25) is 4.79 Å². The molecule has 1 amide bonds. The number of hydrogen-bond donors (Lipinski definition) is 3. The van der Waals surface area contributed by atoms with Crippen LogP contribution in [0.4, 0.5) is 14.5 Å². The first-order valence-corrected chi connectivity index (χ1v) is 4.99. The number of benzene rings is 1. The van der Waals surface area contributed by atoms with Gasteiger partial charge in [0.2, 0.25) is 0 Å². The number of nitrogens with two attached hydrogens (primary N) is 1. The number of amides is 1. The van der Waals surface area contributed by atoms with Crippen LogP contribution in [0.1, 0.15) is 15.9 Å². The third kappa shape index (κ3) is 3.39. The summed E-state index contributed by atoms with van der Waals surface area (Å²) in [7, 11) is 0. The average Bonchev–Trinajstić information content (AvgIpc) is 2.26. The Morgan fingerprint density at radius 2 is 2.18 bits per heavy atom. The number of nitrogen functional groups attached to an aromatic ring is 1. The van der Waals surface area contributed by atoms with Gasteiger partial charge in [-0.25, -0.2) is 8.78 Å². The summed E-state index contributed by atoms with van der Waals surface area (Å²) >= 11 is 0. The van der Waals surface area contributed by atoms with Gasteiger partial charge in [-0.05, 0) is 18.6 Å². The normalized spacial score (nSPS) is 11.3. The average molecular weight is 244 g/mol. The SMILES string of the molecule is Cc1cccc(N)c1C(=O)NCC(F)(F)CO. The van der Waals surface area contributed by atoms with Crippen LogP contribution >= 0.6 is 0 Å². The largest absolute Gasteiger partial charge is 0.398 e. The lowest BCUT2D eigenvalue weighted by atomic mass is 10.1. The van der Waals surface area contributed by atoms with Gasteiger partial charge in [0, 0.05) is 5.69 Å². The van der Waals surface area contributed by atoms with Gasteiger partial charge in [-0.2, -0.15) is 0 Å². The van der Waals surface area contributed by atoms with Crippen molar-refractivity contribution in [3.8, 4) is 0 Å². The van der Waals surface area contributed by atoms with Crippen molar-refractivity contribution in [2.45, 2.75) is 12.8 Å². The Morgan fingerprint density at radius 3 is 2.71 bits per heavy atom. The number of aliphatic hydroxyl groups is 1. The van der Waals surface area contributed by atoms with Gasteiger partial charge in [0.1, 0.15) is 6.61 Å². The third-order valence-electron chi connectivity index (χ3n) is 2.27. The van der Waals surface area contributed by atoms with Gasteiger partial charge in [-0.1, -0.05) is 12.1 Å². The van der Waals surface area contributed by atoms with Crippen LogP contribution < -0.4 is 11.1 Å². The molecule has 0 saturated heterocycles. The van der Waals surface area contributed by atoms with Crippen molar-refractivity contribution in [1.82, 2.24) is 5.32 Å². The van der Waals surface area contributed by atoms with E-state index in [0.717, 1.165) is 0 Å². The van der Waals surface area contributed by atoms with Crippen LogP contribution in [0, 0.1) is 6.92 Å². The second-order valence-electron chi connectivity index (χ2n) is 3.74. The number of aliphatic hydroxyl groups excluding tert-OH is 1. The second-order valence-corrected chi connectivity index (χ2v) is 3.74. The first-order valence-electron chi connectivity index (χ1n) is 4.99. The molecule has 0 aromatic heterocycles. The number of carbonyl (C=O) groups excluding carboxylic acids is 1. The standard InChI is InChI=1S/C11H14F2N2O2/c1-7-3-2-4-8(14)9(7)10(17)15-5-11(12,13)6-16/h2-4,16H,5-6,14H2,1H3,(H,15,17). The van der Waals surface area contributed by atoms with Crippen LogP contribution in [-0.2, 0) is 0 Å². The van der Waals surface area contributed by atoms with E-state index in [0.29, 0.717) is 5.56 Å². The zero-order valence-electron chi connectivity index (χ0n) is 9.34. The van der Waals surface area contributed by atoms with E-state index in [1.54, 1.807) is 19.1 Å².